The lowest BCUT2D eigenvalue weighted by molar-refractivity contribution is -0.116. The van der Waals surface area contributed by atoms with E-state index in [4.69, 9.17) is 15.6 Å². The second-order valence-corrected chi connectivity index (χ2v) is 3.77. The molecule has 0 atom stereocenters. The molecule has 1 aromatic carbocycles. The van der Waals surface area contributed by atoms with Crippen LogP contribution < -0.4 is 10.6 Å². The van der Waals surface area contributed by atoms with Gasteiger partial charge in [-0.25, -0.2) is 9.69 Å². The van der Waals surface area contributed by atoms with Crippen LogP contribution in [0.2, 0.25) is 0 Å². The average molecular weight is 266 g/mol. The van der Waals surface area contributed by atoms with Crippen molar-refractivity contribution in [2.24, 2.45) is 5.73 Å². The van der Waals surface area contributed by atoms with E-state index in [0.29, 0.717) is 12.1 Å². The van der Waals surface area contributed by atoms with E-state index in [1.807, 2.05) is 0 Å². The van der Waals surface area contributed by atoms with Gasteiger partial charge >= 0.3 is 6.09 Å². The molecule has 0 aliphatic heterocycles. The first-order valence-corrected chi connectivity index (χ1v) is 6.03. The summed E-state index contributed by atoms with van der Waals surface area (Å²) in [5, 5.41) is 8.83. The highest BCUT2D eigenvalue weighted by Crippen LogP contribution is 2.17. The van der Waals surface area contributed by atoms with Gasteiger partial charge in [-0.2, -0.15) is 0 Å². The van der Waals surface area contributed by atoms with E-state index in [9.17, 15) is 9.59 Å². The van der Waals surface area contributed by atoms with Crippen LogP contribution in [-0.2, 0) is 16.0 Å². The van der Waals surface area contributed by atoms with E-state index >= 15 is 0 Å². The largest absolute Gasteiger partial charge is 0.449 e. The number of nitrogens with zero attached hydrogens (tertiary/aromatic N) is 1. The first-order chi connectivity index (χ1) is 9.13. The van der Waals surface area contributed by atoms with Crippen LogP contribution in [0.3, 0.4) is 0 Å². The minimum absolute atomic E-state index is 0.0443. The van der Waals surface area contributed by atoms with Crippen LogP contribution in [0.15, 0.2) is 24.3 Å². The molecule has 0 unspecified atom stereocenters. The van der Waals surface area contributed by atoms with Crippen molar-refractivity contribution in [3.63, 3.8) is 0 Å². The van der Waals surface area contributed by atoms with E-state index < -0.39 is 12.0 Å². The first kappa shape index (κ1) is 15.1. The van der Waals surface area contributed by atoms with Gasteiger partial charge in [0.05, 0.1) is 18.8 Å². The topological polar surface area (TPSA) is 92.9 Å². The Kier molecular flexibility index (Phi) is 5.98. The molecule has 0 fully saturated rings. The van der Waals surface area contributed by atoms with Crippen molar-refractivity contribution < 1.29 is 19.4 Å². The third kappa shape index (κ3) is 4.04. The summed E-state index contributed by atoms with van der Waals surface area (Å²) >= 11 is 0. The molecule has 104 valence electrons. The lowest BCUT2D eigenvalue weighted by atomic mass is 10.1. The standard InChI is InChI=1S/C13H18N2O4/c1-2-19-13(18)15(12(17)9-14)11-5-3-10(4-6-11)7-8-16/h3-6,16H,2,7-9,14H2,1H3. The van der Waals surface area contributed by atoms with Crippen LogP contribution in [0.5, 0.6) is 0 Å². The molecule has 0 spiro atoms. The van der Waals surface area contributed by atoms with Crippen molar-refractivity contribution in [1.82, 2.24) is 0 Å². The number of benzene rings is 1. The lowest BCUT2D eigenvalue weighted by Crippen LogP contribution is -2.41. The van der Waals surface area contributed by atoms with Gasteiger partial charge in [0.25, 0.3) is 0 Å². The SMILES string of the molecule is CCOC(=O)N(C(=O)CN)c1ccc(CCO)cc1. The van der Waals surface area contributed by atoms with Gasteiger partial charge in [0.15, 0.2) is 0 Å². The summed E-state index contributed by atoms with van der Waals surface area (Å²) in [4.78, 5) is 24.4. The molecule has 0 saturated carbocycles. The third-order valence-electron chi connectivity index (χ3n) is 2.47. The highest BCUT2D eigenvalue weighted by molar-refractivity contribution is 6.12. The zero-order valence-electron chi connectivity index (χ0n) is 10.8. The van der Waals surface area contributed by atoms with Gasteiger partial charge in [-0.1, -0.05) is 12.1 Å². The van der Waals surface area contributed by atoms with Crippen molar-refractivity contribution in [3.05, 3.63) is 29.8 Å². The molecule has 0 aliphatic carbocycles. The van der Waals surface area contributed by atoms with E-state index in [1.165, 1.54) is 0 Å². The van der Waals surface area contributed by atoms with Crippen molar-refractivity contribution in [2.45, 2.75) is 13.3 Å². The second-order valence-electron chi connectivity index (χ2n) is 3.77. The smallest absolute Gasteiger partial charge is 0.421 e. The van der Waals surface area contributed by atoms with Crippen LogP contribution >= 0.6 is 0 Å². The van der Waals surface area contributed by atoms with Crippen LogP contribution in [0, 0.1) is 0 Å². The number of carbonyl (C=O) groups excluding carboxylic acids is 2. The fourth-order valence-electron chi connectivity index (χ4n) is 1.57. The number of hydrogen-bond acceptors (Lipinski definition) is 5. The Labute approximate surface area is 111 Å². The summed E-state index contributed by atoms with van der Waals surface area (Å²) in [7, 11) is 0. The number of anilines is 1. The fraction of sp³-hybridized carbons (Fsp3) is 0.385. The fourth-order valence-corrected chi connectivity index (χ4v) is 1.57. The number of rotatable bonds is 5. The van der Waals surface area contributed by atoms with Gasteiger partial charge in [-0.05, 0) is 31.0 Å². The third-order valence-corrected chi connectivity index (χ3v) is 2.47. The highest BCUT2D eigenvalue weighted by atomic mass is 16.6. The number of ether oxygens (including phenoxy) is 1. The predicted octanol–water partition coefficient (Wildman–Crippen LogP) is 0.670. The maximum absolute atomic E-state index is 11.7. The normalized spacial score (nSPS) is 10.1. The van der Waals surface area contributed by atoms with E-state index in [1.54, 1.807) is 31.2 Å². The molecule has 2 amide bonds. The Morgan fingerprint density at radius 1 is 1.32 bits per heavy atom. The number of nitrogens with two attached hydrogens (primary N) is 1. The van der Waals surface area contributed by atoms with Crippen LogP contribution in [-0.4, -0.2) is 36.9 Å². The van der Waals surface area contributed by atoms with Gasteiger partial charge in [0, 0.05) is 6.61 Å². The van der Waals surface area contributed by atoms with Gasteiger partial charge in [-0.3, -0.25) is 4.79 Å². The zero-order valence-corrected chi connectivity index (χ0v) is 10.8. The monoisotopic (exact) mass is 266 g/mol. The lowest BCUT2D eigenvalue weighted by Gasteiger charge is -2.19. The molecule has 19 heavy (non-hydrogen) atoms. The van der Waals surface area contributed by atoms with Crippen LogP contribution in [0.1, 0.15) is 12.5 Å². The maximum atomic E-state index is 11.7. The molecule has 0 saturated heterocycles. The van der Waals surface area contributed by atoms with Crippen molar-refractivity contribution in [3.8, 4) is 0 Å². The van der Waals surface area contributed by atoms with E-state index in [-0.39, 0.29) is 19.8 Å². The quantitative estimate of drug-likeness (QED) is 0.817. The predicted molar refractivity (Wildman–Crippen MR) is 70.8 cm³/mol. The molecule has 1 rings (SSSR count). The minimum atomic E-state index is -0.743. The Morgan fingerprint density at radius 3 is 2.42 bits per heavy atom. The number of aliphatic hydroxyl groups excluding tert-OH is 1. The highest BCUT2D eigenvalue weighted by Gasteiger charge is 2.23. The summed E-state index contributed by atoms with van der Waals surface area (Å²) in [6, 6.07) is 6.72. The first-order valence-electron chi connectivity index (χ1n) is 6.03. The van der Waals surface area contributed by atoms with Crippen molar-refractivity contribution in [2.75, 3.05) is 24.7 Å². The van der Waals surface area contributed by atoms with Crippen molar-refractivity contribution in [1.29, 1.82) is 0 Å². The molecule has 3 N–H and O–H groups in total. The molecular weight excluding hydrogens is 248 g/mol. The van der Waals surface area contributed by atoms with E-state index in [2.05, 4.69) is 0 Å². The molecule has 0 radical (unpaired) electrons. The number of carbonyl (C=O) groups is 2. The van der Waals surface area contributed by atoms with Crippen LogP contribution in [0.4, 0.5) is 10.5 Å². The molecule has 1 aromatic rings. The van der Waals surface area contributed by atoms with Gasteiger partial charge in [0.1, 0.15) is 0 Å². The van der Waals surface area contributed by atoms with Crippen molar-refractivity contribution >= 4 is 17.7 Å². The Morgan fingerprint density at radius 2 is 1.95 bits per heavy atom. The Hall–Kier alpha value is -1.92. The van der Waals surface area contributed by atoms with Crippen LogP contribution in [0.25, 0.3) is 0 Å². The number of aliphatic hydroxyl groups is 1. The van der Waals surface area contributed by atoms with E-state index in [0.717, 1.165) is 10.5 Å². The van der Waals surface area contributed by atoms with Gasteiger partial charge < -0.3 is 15.6 Å². The molecule has 0 bridgehead atoms. The number of hydrogen-bond donors (Lipinski definition) is 2. The number of imide groups is 1. The summed E-state index contributed by atoms with van der Waals surface area (Å²) < 4.78 is 4.83. The average Bonchev–Trinajstić information content (AvgIpc) is 2.41. The summed E-state index contributed by atoms with van der Waals surface area (Å²) in [6.07, 6.45) is -0.224. The Balaban J connectivity index is 2.97. The summed E-state index contributed by atoms with van der Waals surface area (Å²) in [5.41, 5.74) is 6.60. The molecule has 6 nitrogen and oxygen atoms in total. The summed E-state index contributed by atoms with van der Waals surface area (Å²) in [6.45, 7) is 1.60. The molecule has 0 heterocycles. The molecule has 0 aliphatic rings. The second kappa shape index (κ2) is 7.50. The molecule has 6 heteroatoms. The van der Waals surface area contributed by atoms with Gasteiger partial charge in [0.2, 0.25) is 5.91 Å². The number of amides is 2. The molecule has 0 aromatic heterocycles. The van der Waals surface area contributed by atoms with Gasteiger partial charge in [-0.15, -0.1) is 0 Å². The maximum Gasteiger partial charge on any atom is 0.421 e. The Bertz CT molecular complexity index is 431. The zero-order chi connectivity index (χ0) is 14.3. The minimum Gasteiger partial charge on any atom is -0.449 e. The summed E-state index contributed by atoms with van der Waals surface area (Å²) in [5.74, 6) is -0.534. The molecular formula is C13H18N2O4.